The molecule has 0 aliphatic heterocycles. The summed E-state index contributed by atoms with van der Waals surface area (Å²) < 4.78 is 0. The number of benzene rings is 2. The largest absolute Gasteiger partial charge is 0.481 e. The maximum absolute atomic E-state index is 9.00. The van der Waals surface area contributed by atoms with Crippen molar-refractivity contribution in [2.45, 2.75) is 6.92 Å². The van der Waals surface area contributed by atoms with Gasteiger partial charge in [-0.3, -0.25) is 9.78 Å². The third-order valence-electron chi connectivity index (χ3n) is 2.50. The fraction of sp³-hybridized carbons (Fsp3) is 0.0667. The minimum Gasteiger partial charge on any atom is -0.481 e. The highest BCUT2D eigenvalue weighted by Gasteiger charge is 1.98. The zero-order valence-electron chi connectivity index (χ0n) is 10.00. The van der Waals surface area contributed by atoms with E-state index in [0.717, 1.165) is 12.4 Å². The van der Waals surface area contributed by atoms with Crippen LogP contribution in [0, 0.1) is 0 Å². The standard InChI is InChI=1S/C13H9N.C2H4O2/c1-2-6-12-10(4-1)7-8-11-5-3-9-14-13(11)12;1-2(3)4/h1-9H;1H3,(H,3,4). The maximum Gasteiger partial charge on any atom is 0.300 e. The van der Waals surface area contributed by atoms with E-state index in [9.17, 15) is 0 Å². The number of nitrogens with zero attached hydrogens (tertiary/aromatic N) is 1. The molecule has 0 fully saturated rings. The van der Waals surface area contributed by atoms with Crippen molar-refractivity contribution in [3.63, 3.8) is 0 Å². The number of carbonyl (C=O) groups is 1. The zero-order valence-corrected chi connectivity index (χ0v) is 10.00. The Hall–Kier alpha value is -2.42. The van der Waals surface area contributed by atoms with E-state index < -0.39 is 5.97 Å². The Morgan fingerprint density at radius 1 is 1.00 bits per heavy atom. The molecule has 1 N–H and O–H groups in total. The van der Waals surface area contributed by atoms with Gasteiger partial charge in [0.25, 0.3) is 5.97 Å². The second-order valence-electron chi connectivity index (χ2n) is 3.88. The third kappa shape index (κ3) is 2.63. The molecule has 0 bridgehead atoms. The van der Waals surface area contributed by atoms with E-state index in [1.165, 1.54) is 16.2 Å². The number of fused-ring (bicyclic) bond motifs is 3. The van der Waals surface area contributed by atoms with Gasteiger partial charge in [-0.15, -0.1) is 0 Å². The molecule has 1 aromatic heterocycles. The summed E-state index contributed by atoms with van der Waals surface area (Å²) in [4.78, 5) is 13.4. The summed E-state index contributed by atoms with van der Waals surface area (Å²) in [5.74, 6) is -0.833. The summed E-state index contributed by atoms with van der Waals surface area (Å²) in [6.45, 7) is 1.08. The highest BCUT2D eigenvalue weighted by Crippen LogP contribution is 2.22. The second-order valence-corrected chi connectivity index (χ2v) is 3.88. The van der Waals surface area contributed by atoms with Crippen LogP contribution in [0.4, 0.5) is 0 Å². The van der Waals surface area contributed by atoms with Crippen LogP contribution in [-0.4, -0.2) is 16.1 Å². The van der Waals surface area contributed by atoms with Crippen LogP contribution in [0.3, 0.4) is 0 Å². The van der Waals surface area contributed by atoms with Crippen molar-refractivity contribution in [1.82, 2.24) is 4.98 Å². The van der Waals surface area contributed by atoms with E-state index in [1.54, 1.807) is 0 Å². The Morgan fingerprint density at radius 2 is 1.61 bits per heavy atom. The van der Waals surface area contributed by atoms with Gasteiger partial charge in [0.15, 0.2) is 0 Å². The number of hydrogen-bond acceptors (Lipinski definition) is 2. The Morgan fingerprint density at radius 3 is 2.39 bits per heavy atom. The first kappa shape index (κ1) is 12.0. The van der Waals surface area contributed by atoms with E-state index in [1.807, 2.05) is 12.3 Å². The molecule has 0 radical (unpaired) electrons. The second kappa shape index (κ2) is 5.27. The zero-order chi connectivity index (χ0) is 13.0. The van der Waals surface area contributed by atoms with Crippen LogP contribution in [0.5, 0.6) is 0 Å². The van der Waals surface area contributed by atoms with E-state index in [4.69, 9.17) is 9.90 Å². The first-order chi connectivity index (χ1) is 8.68. The lowest BCUT2D eigenvalue weighted by Gasteiger charge is -2.01. The van der Waals surface area contributed by atoms with E-state index in [0.29, 0.717) is 0 Å². The van der Waals surface area contributed by atoms with E-state index in [2.05, 4.69) is 47.4 Å². The fourth-order valence-corrected chi connectivity index (χ4v) is 1.81. The lowest BCUT2D eigenvalue weighted by molar-refractivity contribution is -0.134. The van der Waals surface area contributed by atoms with Crippen molar-refractivity contribution in [2.75, 3.05) is 0 Å². The average molecular weight is 239 g/mol. The van der Waals surface area contributed by atoms with Gasteiger partial charge in [-0.2, -0.15) is 0 Å². The number of rotatable bonds is 0. The molecule has 0 amide bonds. The normalized spacial score (nSPS) is 9.83. The first-order valence-corrected chi connectivity index (χ1v) is 5.60. The molecule has 90 valence electrons. The fourth-order valence-electron chi connectivity index (χ4n) is 1.81. The summed E-state index contributed by atoms with van der Waals surface area (Å²) >= 11 is 0. The molecule has 3 nitrogen and oxygen atoms in total. The Labute approximate surface area is 105 Å². The Bertz CT molecular complexity index is 633. The molecule has 0 aliphatic carbocycles. The summed E-state index contributed by atoms with van der Waals surface area (Å²) in [5.41, 5.74) is 1.09. The van der Waals surface area contributed by atoms with Crippen LogP contribution in [-0.2, 0) is 4.79 Å². The average Bonchev–Trinajstić information content (AvgIpc) is 2.38. The lowest BCUT2D eigenvalue weighted by Crippen LogP contribution is -1.79. The van der Waals surface area contributed by atoms with Gasteiger partial charge >= 0.3 is 0 Å². The van der Waals surface area contributed by atoms with Crippen LogP contribution in [0.1, 0.15) is 6.92 Å². The van der Waals surface area contributed by atoms with E-state index >= 15 is 0 Å². The molecular weight excluding hydrogens is 226 g/mol. The number of aliphatic carboxylic acids is 1. The number of carboxylic acid groups (broad SMARTS) is 1. The van der Waals surface area contributed by atoms with Gasteiger partial charge in [-0.05, 0) is 11.5 Å². The van der Waals surface area contributed by atoms with Crippen molar-refractivity contribution in [3.8, 4) is 0 Å². The predicted molar refractivity (Wildman–Crippen MR) is 72.6 cm³/mol. The summed E-state index contributed by atoms with van der Waals surface area (Å²) in [5, 5.41) is 11.1. The van der Waals surface area contributed by atoms with Crippen LogP contribution < -0.4 is 0 Å². The van der Waals surface area contributed by atoms with Gasteiger partial charge in [0.1, 0.15) is 0 Å². The highest BCUT2D eigenvalue weighted by atomic mass is 16.4. The van der Waals surface area contributed by atoms with Gasteiger partial charge in [-0.25, -0.2) is 0 Å². The quantitative estimate of drug-likeness (QED) is 0.611. The summed E-state index contributed by atoms with van der Waals surface area (Å²) in [6.07, 6.45) is 1.84. The smallest absolute Gasteiger partial charge is 0.300 e. The molecule has 0 spiro atoms. The van der Waals surface area contributed by atoms with Crippen LogP contribution in [0.2, 0.25) is 0 Å². The molecule has 18 heavy (non-hydrogen) atoms. The number of carboxylic acids is 1. The van der Waals surface area contributed by atoms with E-state index in [-0.39, 0.29) is 0 Å². The molecule has 0 saturated carbocycles. The van der Waals surface area contributed by atoms with Crippen molar-refractivity contribution in [1.29, 1.82) is 0 Å². The van der Waals surface area contributed by atoms with Gasteiger partial charge in [0.05, 0.1) is 5.52 Å². The molecular formula is C15H13NO2. The molecule has 0 saturated heterocycles. The van der Waals surface area contributed by atoms with Crippen molar-refractivity contribution in [2.24, 2.45) is 0 Å². The van der Waals surface area contributed by atoms with Crippen LogP contribution in [0.25, 0.3) is 21.7 Å². The molecule has 1 heterocycles. The Kier molecular flexibility index (Phi) is 3.53. The number of hydrogen-bond donors (Lipinski definition) is 1. The maximum atomic E-state index is 9.00. The third-order valence-corrected chi connectivity index (χ3v) is 2.50. The van der Waals surface area contributed by atoms with Crippen LogP contribution in [0.15, 0.2) is 54.7 Å². The SMILES string of the molecule is CC(=O)O.c1ccc2c(c1)ccc1cccnc12. The minimum absolute atomic E-state index is 0.833. The van der Waals surface area contributed by atoms with Crippen molar-refractivity contribution < 1.29 is 9.90 Å². The Balaban J connectivity index is 0.000000267. The molecule has 3 rings (SSSR count). The molecule has 0 aliphatic rings. The number of aromatic nitrogens is 1. The van der Waals surface area contributed by atoms with Gasteiger partial charge in [0, 0.05) is 23.9 Å². The highest BCUT2D eigenvalue weighted by molar-refractivity contribution is 6.04. The van der Waals surface area contributed by atoms with Gasteiger partial charge < -0.3 is 5.11 Å². The summed E-state index contributed by atoms with van der Waals surface area (Å²) in [6, 6.07) is 16.7. The predicted octanol–water partition coefficient (Wildman–Crippen LogP) is 3.48. The topological polar surface area (TPSA) is 50.2 Å². The lowest BCUT2D eigenvalue weighted by atomic mass is 10.1. The van der Waals surface area contributed by atoms with Crippen LogP contribution >= 0.6 is 0 Å². The van der Waals surface area contributed by atoms with Gasteiger partial charge in [0.2, 0.25) is 0 Å². The summed E-state index contributed by atoms with van der Waals surface area (Å²) in [7, 11) is 0. The first-order valence-electron chi connectivity index (χ1n) is 5.60. The molecule has 0 unspecified atom stereocenters. The molecule has 3 aromatic rings. The van der Waals surface area contributed by atoms with Gasteiger partial charge in [-0.1, -0.05) is 42.5 Å². The van der Waals surface area contributed by atoms with Crippen molar-refractivity contribution >= 4 is 27.6 Å². The monoisotopic (exact) mass is 239 g/mol. The molecule has 2 aromatic carbocycles. The number of pyridine rings is 1. The van der Waals surface area contributed by atoms with Crippen molar-refractivity contribution in [3.05, 3.63) is 54.7 Å². The minimum atomic E-state index is -0.833. The molecule has 3 heteroatoms. The molecule has 0 atom stereocenters.